The second kappa shape index (κ2) is 7.35. The van der Waals surface area contributed by atoms with Crippen LogP contribution in [-0.4, -0.2) is 19.3 Å². The Balaban J connectivity index is 2.42. The van der Waals surface area contributed by atoms with E-state index in [4.69, 9.17) is 4.98 Å². The molecule has 0 fully saturated rings. The Hall–Kier alpha value is -3.21. The van der Waals surface area contributed by atoms with E-state index in [1.807, 2.05) is 31.4 Å². The molecule has 0 unspecified atom stereocenters. The third-order valence-corrected chi connectivity index (χ3v) is 4.21. The maximum atomic E-state index is 13.5. The summed E-state index contributed by atoms with van der Waals surface area (Å²) in [6, 6.07) is 5.73. The SMILES string of the molecule is C=C/C=C(\C=C)n1c(CCC)nc2cccc(-c3cnn(C)c3)c2c1=O. The average molecular weight is 346 g/mol. The molecule has 5 nitrogen and oxygen atoms in total. The first-order chi connectivity index (χ1) is 12.6. The summed E-state index contributed by atoms with van der Waals surface area (Å²) in [5.41, 5.74) is 2.97. The molecule has 132 valence electrons. The van der Waals surface area contributed by atoms with Crippen LogP contribution in [0, 0.1) is 0 Å². The van der Waals surface area contributed by atoms with Gasteiger partial charge < -0.3 is 0 Å². The molecule has 0 aliphatic heterocycles. The van der Waals surface area contributed by atoms with Crippen molar-refractivity contribution in [3.63, 3.8) is 0 Å². The number of aryl methyl sites for hydroxylation is 2. The number of rotatable bonds is 6. The lowest BCUT2D eigenvalue weighted by atomic mass is 10.0. The van der Waals surface area contributed by atoms with Gasteiger partial charge in [0.25, 0.3) is 5.56 Å². The van der Waals surface area contributed by atoms with Gasteiger partial charge in [-0.2, -0.15) is 5.10 Å². The molecule has 0 spiro atoms. The highest BCUT2D eigenvalue weighted by molar-refractivity contribution is 5.94. The second-order valence-electron chi connectivity index (χ2n) is 6.05. The molecule has 1 aromatic carbocycles. The standard InChI is InChI=1S/C21H22N4O/c1-5-9-16(7-3)25-19(10-6-2)23-18-12-8-11-17(20(18)21(25)26)15-13-22-24(4)14-15/h5,7-9,11-14H,1,3,6,10H2,2,4H3/b16-9+. The fourth-order valence-corrected chi connectivity index (χ4v) is 3.09. The lowest BCUT2D eigenvalue weighted by Gasteiger charge is -2.15. The van der Waals surface area contributed by atoms with E-state index in [1.165, 1.54) is 0 Å². The maximum Gasteiger partial charge on any atom is 0.266 e. The van der Waals surface area contributed by atoms with Gasteiger partial charge >= 0.3 is 0 Å². The van der Waals surface area contributed by atoms with Gasteiger partial charge in [-0.3, -0.25) is 14.0 Å². The second-order valence-corrected chi connectivity index (χ2v) is 6.05. The Morgan fingerprint density at radius 2 is 2.12 bits per heavy atom. The van der Waals surface area contributed by atoms with E-state index in [-0.39, 0.29) is 5.56 Å². The van der Waals surface area contributed by atoms with Gasteiger partial charge in [0.2, 0.25) is 0 Å². The van der Waals surface area contributed by atoms with Crippen molar-refractivity contribution in [1.82, 2.24) is 19.3 Å². The summed E-state index contributed by atoms with van der Waals surface area (Å²) in [4.78, 5) is 18.3. The Labute approximate surface area is 152 Å². The zero-order valence-corrected chi connectivity index (χ0v) is 15.1. The van der Waals surface area contributed by atoms with Crippen molar-refractivity contribution in [2.75, 3.05) is 0 Å². The van der Waals surface area contributed by atoms with Crippen molar-refractivity contribution < 1.29 is 0 Å². The predicted octanol–water partition coefficient (Wildman–Crippen LogP) is 3.96. The molecule has 0 radical (unpaired) electrons. The highest BCUT2D eigenvalue weighted by Gasteiger charge is 2.16. The molecular weight excluding hydrogens is 324 g/mol. The Morgan fingerprint density at radius 3 is 2.73 bits per heavy atom. The quantitative estimate of drug-likeness (QED) is 0.635. The van der Waals surface area contributed by atoms with E-state index >= 15 is 0 Å². The van der Waals surface area contributed by atoms with Crippen LogP contribution in [0.3, 0.4) is 0 Å². The number of aromatic nitrogens is 4. The third-order valence-electron chi connectivity index (χ3n) is 4.21. The van der Waals surface area contributed by atoms with E-state index in [0.717, 1.165) is 23.4 Å². The van der Waals surface area contributed by atoms with Gasteiger partial charge in [0.1, 0.15) is 5.82 Å². The van der Waals surface area contributed by atoms with Gasteiger partial charge in [0.05, 0.1) is 17.1 Å². The molecule has 0 aliphatic rings. The predicted molar refractivity (Wildman–Crippen MR) is 107 cm³/mol. The maximum absolute atomic E-state index is 13.5. The van der Waals surface area contributed by atoms with Crippen LogP contribution >= 0.6 is 0 Å². The van der Waals surface area contributed by atoms with Crippen molar-refractivity contribution in [2.24, 2.45) is 7.05 Å². The number of nitrogens with zero attached hydrogens (tertiary/aromatic N) is 4. The molecule has 5 heteroatoms. The third kappa shape index (κ3) is 3.04. The molecule has 2 aromatic heterocycles. The van der Waals surface area contributed by atoms with Crippen LogP contribution in [-0.2, 0) is 13.5 Å². The minimum absolute atomic E-state index is 0.106. The first-order valence-corrected chi connectivity index (χ1v) is 8.59. The first-order valence-electron chi connectivity index (χ1n) is 8.59. The highest BCUT2D eigenvalue weighted by Crippen LogP contribution is 2.26. The summed E-state index contributed by atoms with van der Waals surface area (Å²) in [6.45, 7) is 9.65. The van der Waals surface area contributed by atoms with Crippen LogP contribution < -0.4 is 5.56 Å². The molecule has 2 heterocycles. The van der Waals surface area contributed by atoms with Crippen LogP contribution in [0.2, 0.25) is 0 Å². The first kappa shape index (κ1) is 17.6. The van der Waals surface area contributed by atoms with E-state index < -0.39 is 0 Å². The summed E-state index contributed by atoms with van der Waals surface area (Å²) in [5, 5.41) is 4.81. The number of benzene rings is 1. The van der Waals surface area contributed by atoms with Crippen LogP contribution in [0.4, 0.5) is 0 Å². The smallest absolute Gasteiger partial charge is 0.266 e. The lowest BCUT2D eigenvalue weighted by Crippen LogP contribution is -2.24. The molecule has 0 amide bonds. The van der Waals surface area contributed by atoms with E-state index in [0.29, 0.717) is 23.0 Å². The fraction of sp³-hybridized carbons (Fsp3) is 0.190. The zero-order chi connectivity index (χ0) is 18.7. The lowest BCUT2D eigenvalue weighted by molar-refractivity contribution is 0.768. The molecule has 0 saturated heterocycles. The van der Waals surface area contributed by atoms with Crippen molar-refractivity contribution in [1.29, 1.82) is 0 Å². The largest absolute Gasteiger partial charge is 0.275 e. The van der Waals surface area contributed by atoms with E-state index in [1.54, 1.807) is 33.7 Å². The van der Waals surface area contributed by atoms with Crippen molar-refractivity contribution in [3.8, 4) is 11.1 Å². The molecule has 0 aliphatic carbocycles. The van der Waals surface area contributed by atoms with Gasteiger partial charge in [-0.15, -0.1) is 0 Å². The Morgan fingerprint density at radius 1 is 1.31 bits per heavy atom. The molecular formula is C21H22N4O. The molecule has 0 N–H and O–H groups in total. The van der Waals surface area contributed by atoms with Gasteiger partial charge in [0.15, 0.2) is 0 Å². The van der Waals surface area contributed by atoms with Crippen LogP contribution in [0.5, 0.6) is 0 Å². The normalized spacial score (nSPS) is 11.7. The highest BCUT2D eigenvalue weighted by atomic mass is 16.1. The zero-order valence-electron chi connectivity index (χ0n) is 15.1. The van der Waals surface area contributed by atoms with Crippen LogP contribution in [0.1, 0.15) is 19.2 Å². The van der Waals surface area contributed by atoms with E-state index in [2.05, 4.69) is 25.2 Å². The fourth-order valence-electron chi connectivity index (χ4n) is 3.09. The number of hydrogen-bond acceptors (Lipinski definition) is 3. The van der Waals surface area contributed by atoms with Crippen molar-refractivity contribution >= 4 is 16.6 Å². The average Bonchev–Trinajstić information content (AvgIpc) is 3.06. The molecule has 0 atom stereocenters. The number of fused-ring (bicyclic) bond motifs is 1. The van der Waals surface area contributed by atoms with Gasteiger partial charge in [0, 0.05) is 30.9 Å². The molecule has 26 heavy (non-hydrogen) atoms. The number of allylic oxidation sites excluding steroid dienone is 4. The van der Waals surface area contributed by atoms with Crippen LogP contribution in [0.25, 0.3) is 27.7 Å². The minimum Gasteiger partial charge on any atom is -0.275 e. The summed E-state index contributed by atoms with van der Waals surface area (Å²) in [7, 11) is 1.85. The topological polar surface area (TPSA) is 52.7 Å². The van der Waals surface area contributed by atoms with Gasteiger partial charge in [-0.25, -0.2) is 4.98 Å². The van der Waals surface area contributed by atoms with E-state index in [9.17, 15) is 4.79 Å². The Kier molecular flexibility index (Phi) is 4.98. The van der Waals surface area contributed by atoms with Crippen molar-refractivity contribution in [2.45, 2.75) is 19.8 Å². The number of hydrogen-bond donors (Lipinski definition) is 0. The van der Waals surface area contributed by atoms with Gasteiger partial charge in [-0.05, 0) is 30.2 Å². The molecule has 0 saturated carbocycles. The minimum atomic E-state index is -0.106. The molecule has 3 rings (SSSR count). The Bertz CT molecular complexity index is 1070. The molecule has 0 bridgehead atoms. The summed E-state index contributed by atoms with van der Waals surface area (Å²) < 4.78 is 3.36. The summed E-state index contributed by atoms with van der Waals surface area (Å²) in [6.07, 6.45) is 10.3. The monoisotopic (exact) mass is 346 g/mol. The summed E-state index contributed by atoms with van der Waals surface area (Å²) >= 11 is 0. The summed E-state index contributed by atoms with van der Waals surface area (Å²) in [5.74, 6) is 0.723. The van der Waals surface area contributed by atoms with Crippen LogP contribution in [0.15, 0.2) is 66.8 Å². The van der Waals surface area contributed by atoms with Crippen molar-refractivity contribution in [3.05, 3.63) is 78.2 Å². The molecule has 3 aromatic rings. The van der Waals surface area contributed by atoms with Gasteiger partial charge in [-0.1, -0.05) is 38.3 Å².